The molecule has 6 heteroatoms. The molecular formula is C8H9N2O4. The van der Waals surface area contributed by atoms with Crippen molar-refractivity contribution in [3.05, 3.63) is 0 Å². The van der Waals surface area contributed by atoms with Crippen molar-refractivity contribution in [2.45, 2.75) is 25.7 Å². The lowest BCUT2D eigenvalue weighted by atomic mass is 10.2. The Kier molecular flexibility index (Phi) is 3.33. The molecule has 1 N–H and O–H groups in total. The van der Waals surface area contributed by atoms with E-state index in [9.17, 15) is 19.2 Å². The van der Waals surface area contributed by atoms with Gasteiger partial charge in [0.1, 0.15) is 0 Å². The first kappa shape index (κ1) is 10.4. The fourth-order valence-electron chi connectivity index (χ4n) is 1.05. The zero-order chi connectivity index (χ0) is 10.6. The highest BCUT2D eigenvalue weighted by atomic mass is 16.2. The van der Waals surface area contributed by atoms with Gasteiger partial charge < -0.3 is 0 Å². The number of hydrazine groups is 1. The Hall–Kier alpha value is -1.72. The van der Waals surface area contributed by atoms with Gasteiger partial charge in [0.25, 0.3) is 0 Å². The molecule has 0 spiro atoms. The lowest BCUT2D eigenvalue weighted by Crippen LogP contribution is -2.53. The number of imide groups is 1. The second-order valence-electron chi connectivity index (χ2n) is 2.80. The minimum absolute atomic E-state index is 0.0301. The molecule has 0 aromatic rings. The third-order valence-corrected chi connectivity index (χ3v) is 1.74. The van der Waals surface area contributed by atoms with E-state index in [1.165, 1.54) is 0 Å². The van der Waals surface area contributed by atoms with Gasteiger partial charge in [-0.2, -0.15) is 5.01 Å². The smallest absolute Gasteiger partial charge is 0.248 e. The molecule has 0 saturated carbocycles. The Morgan fingerprint density at radius 1 is 1.43 bits per heavy atom. The number of amides is 3. The molecule has 75 valence electrons. The van der Waals surface area contributed by atoms with Gasteiger partial charge in [0.05, 0.1) is 0 Å². The average Bonchev–Trinajstić information content (AvgIpc) is 2.18. The number of hydrogen-bond donors (Lipinski definition) is 1. The van der Waals surface area contributed by atoms with Crippen molar-refractivity contribution >= 4 is 24.0 Å². The first-order valence-electron chi connectivity index (χ1n) is 4.15. The van der Waals surface area contributed by atoms with Gasteiger partial charge in [-0.25, -0.2) is 0 Å². The fourth-order valence-corrected chi connectivity index (χ4v) is 1.05. The topological polar surface area (TPSA) is 83.6 Å². The van der Waals surface area contributed by atoms with Crippen molar-refractivity contribution in [2.24, 2.45) is 0 Å². The quantitative estimate of drug-likeness (QED) is 0.632. The Morgan fingerprint density at radius 3 is 2.79 bits per heavy atom. The van der Waals surface area contributed by atoms with Gasteiger partial charge >= 0.3 is 0 Å². The van der Waals surface area contributed by atoms with Crippen LogP contribution in [0.15, 0.2) is 0 Å². The van der Waals surface area contributed by atoms with Gasteiger partial charge in [0.15, 0.2) is 6.29 Å². The van der Waals surface area contributed by atoms with Crippen LogP contribution in [-0.4, -0.2) is 29.0 Å². The second-order valence-corrected chi connectivity index (χ2v) is 2.80. The SMILES string of the molecule is O=[C]CCC(=O)N1NC(=O)CCC1=O. The van der Waals surface area contributed by atoms with Crippen LogP contribution in [-0.2, 0) is 19.2 Å². The van der Waals surface area contributed by atoms with Crippen LogP contribution in [0, 0.1) is 0 Å². The molecule has 0 unspecified atom stereocenters. The summed E-state index contributed by atoms with van der Waals surface area (Å²) in [5.41, 5.74) is 2.14. The zero-order valence-electron chi connectivity index (χ0n) is 7.41. The predicted octanol–water partition coefficient (Wildman–Crippen LogP) is -0.944. The van der Waals surface area contributed by atoms with E-state index in [4.69, 9.17) is 0 Å². The molecular weight excluding hydrogens is 188 g/mol. The summed E-state index contributed by atoms with van der Waals surface area (Å²) in [6.45, 7) is 0. The number of carbonyl (C=O) groups is 3. The monoisotopic (exact) mass is 197 g/mol. The molecule has 1 radical (unpaired) electrons. The summed E-state index contributed by atoms with van der Waals surface area (Å²) >= 11 is 0. The van der Waals surface area contributed by atoms with E-state index in [-0.39, 0.29) is 31.6 Å². The summed E-state index contributed by atoms with van der Waals surface area (Å²) in [4.78, 5) is 43.1. The van der Waals surface area contributed by atoms with Crippen LogP contribution in [0.3, 0.4) is 0 Å². The lowest BCUT2D eigenvalue weighted by Gasteiger charge is -2.24. The van der Waals surface area contributed by atoms with Crippen molar-refractivity contribution < 1.29 is 19.2 Å². The molecule has 1 heterocycles. The fraction of sp³-hybridized carbons (Fsp3) is 0.500. The van der Waals surface area contributed by atoms with Crippen molar-refractivity contribution in [3.63, 3.8) is 0 Å². The lowest BCUT2D eigenvalue weighted by molar-refractivity contribution is -0.157. The Morgan fingerprint density at radius 2 is 2.14 bits per heavy atom. The maximum atomic E-state index is 11.2. The summed E-state index contributed by atoms with van der Waals surface area (Å²) in [5.74, 6) is -1.39. The minimum Gasteiger partial charge on any atom is -0.291 e. The molecule has 1 aliphatic heterocycles. The Balaban J connectivity index is 2.55. The maximum absolute atomic E-state index is 11.2. The normalized spacial score (nSPS) is 16.4. The van der Waals surface area contributed by atoms with Gasteiger partial charge in [-0.15, -0.1) is 0 Å². The molecule has 6 nitrogen and oxygen atoms in total. The number of nitrogens with zero attached hydrogens (tertiary/aromatic N) is 1. The third-order valence-electron chi connectivity index (χ3n) is 1.74. The van der Waals surface area contributed by atoms with E-state index in [1.807, 2.05) is 0 Å². The van der Waals surface area contributed by atoms with E-state index in [0.29, 0.717) is 5.01 Å². The van der Waals surface area contributed by atoms with Crippen molar-refractivity contribution in [1.82, 2.24) is 10.4 Å². The van der Waals surface area contributed by atoms with Gasteiger partial charge in [-0.1, -0.05) is 0 Å². The second kappa shape index (κ2) is 4.50. The molecule has 1 fully saturated rings. The van der Waals surface area contributed by atoms with Gasteiger partial charge in [-0.3, -0.25) is 24.6 Å². The maximum Gasteiger partial charge on any atom is 0.248 e. The summed E-state index contributed by atoms with van der Waals surface area (Å²) in [6.07, 6.45) is 1.49. The highest BCUT2D eigenvalue weighted by Gasteiger charge is 2.27. The molecule has 1 rings (SSSR count). The van der Waals surface area contributed by atoms with E-state index in [1.54, 1.807) is 6.29 Å². The first-order valence-corrected chi connectivity index (χ1v) is 4.15. The van der Waals surface area contributed by atoms with Crippen LogP contribution in [0.4, 0.5) is 0 Å². The number of nitrogens with one attached hydrogen (secondary N) is 1. The van der Waals surface area contributed by atoms with Crippen molar-refractivity contribution in [2.75, 3.05) is 0 Å². The number of carbonyl (C=O) groups excluding carboxylic acids is 4. The van der Waals surface area contributed by atoms with Crippen LogP contribution in [0.2, 0.25) is 0 Å². The first-order chi connectivity index (χ1) is 6.65. The van der Waals surface area contributed by atoms with E-state index in [0.717, 1.165) is 0 Å². The number of rotatable bonds is 3. The standard InChI is InChI=1S/C8H9N2O4/c11-5-1-2-7(13)10-8(14)4-3-6(12)9-10/h1-4H2,(H,9,12). The van der Waals surface area contributed by atoms with E-state index in [2.05, 4.69) is 5.43 Å². The van der Waals surface area contributed by atoms with Gasteiger partial charge in [0, 0.05) is 25.7 Å². The van der Waals surface area contributed by atoms with Gasteiger partial charge in [0.2, 0.25) is 17.7 Å². The largest absolute Gasteiger partial charge is 0.291 e. The molecule has 0 aromatic carbocycles. The van der Waals surface area contributed by atoms with Crippen molar-refractivity contribution in [3.8, 4) is 0 Å². The highest BCUT2D eigenvalue weighted by Crippen LogP contribution is 2.05. The van der Waals surface area contributed by atoms with E-state index >= 15 is 0 Å². The van der Waals surface area contributed by atoms with Crippen LogP contribution in [0.25, 0.3) is 0 Å². The highest BCUT2D eigenvalue weighted by molar-refractivity contribution is 6.01. The summed E-state index contributed by atoms with van der Waals surface area (Å²) in [7, 11) is 0. The molecule has 0 aliphatic carbocycles. The summed E-state index contributed by atoms with van der Waals surface area (Å²) in [6, 6.07) is 0. The minimum atomic E-state index is -0.577. The Labute approximate surface area is 80.2 Å². The van der Waals surface area contributed by atoms with E-state index < -0.39 is 11.8 Å². The molecule has 1 saturated heterocycles. The molecule has 1 aliphatic rings. The average molecular weight is 197 g/mol. The molecule has 0 atom stereocenters. The van der Waals surface area contributed by atoms with Gasteiger partial charge in [-0.05, 0) is 0 Å². The van der Waals surface area contributed by atoms with Crippen LogP contribution >= 0.6 is 0 Å². The molecule has 3 amide bonds. The van der Waals surface area contributed by atoms with Crippen molar-refractivity contribution in [1.29, 1.82) is 0 Å². The summed E-state index contributed by atoms with van der Waals surface area (Å²) in [5, 5.41) is 0.670. The zero-order valence-corrected chi connectivity index (χ0v) is 7.41. The third kappa shape index (κ3) is 2.38. The number of hydrogen-bond acceptors (Lipinski definition) is 4. The van der Waals surface area contributed by atoms with Crippen LogP contribution in [0.5, 0.6) is 0 Å². The molecule has 0 bridgehead atoms. The van der Waals surface area contributed by atoms with Crippen LogP contribution < -0.4 is 5.43 Å². The predicted molar refractivity (Wildman–Crippen MR) is 44.2 cm³/mol. The molecule has 14 heavy (non-hydrogen) atoms. The summed E-state index contributed by atoms with van der Waals surface area (Å²) < 4.78 is 0. The molecule has 0 aromatic heterocycles. The van der Waals surface area contributed by atoms with Crippen LogP contribution in [0.1, 0.15) is 25.7 Å². The Bertz CT molecular complexity index is 287.